The van der Waals surface area contributed by atoms with E-state index in [-0.39, 0.29) is 9.88 Å². The minimum Gasteiger partial charge on any atom is -0.480 e. The molecular weight excluding hydrogens is 286 g/mol. The molecule has 1 aromatic heterocycles. The number of hydrogen-bond donors (Lipinski definition) is 2. The van der Waals surface area contributed by atoms with E-state index in [1.54, 1.807) is 0 Å². The molecule has 1 amide bonds. The number of alkyl halides is 2. The van der Waals surface area contributed by atoms with Crippen LogP contribution in [0.1, 0.15) is 16.1 Å². The zero-order valence-corrected chi connectivity index (χ0v) is 10.0. The second kappa shape index (κ2) is 6.18. The highest BCUT2D eigenvalue weighted by Crippen LogP contribution is 2.23. The van der Waals surface area contributed by atoms with Crippen LogP contribution >= 0.6 is 11.3 Å². The highest BCUT2D eigenvalue weighted by atomic mass is 32.1. The van der Waals surface area contributed by atoms with Crippen molar-refractivity contribution in [3.8, 4) is 0 Å². The van der Waals surface area contributed by atoms with Gasteiger partial charge in [0.25, 0.3) is 5.91 Å². The molecule has 0 saturated heterocycles. The van der Waals surface area contributed by atoms with E-state index in [0.717, 1.165) is 12.1 Å². The quantitative estimate of drug-likeness (QED) is 0.610. The zero-order valence-electron chi connectivity index (χ0n) is 9.21. The summed E-state index contributed by atoms with van der Waals surface area (Å²) < 4.78 is 24.2. The third-order valence-corrected chi connectivity index (χ3v) is 3.05. The van der Waals surface area contributed by atoms with E-state index >= 15 is 0 Å². The molecule has 1 atom stereocenters. The maximum Gasteiger partial charge on any atom is 0.326 e. The number of carbonyl (C=O) groups is 2. The third-order valence-electron chi connectivity index (χ3n) is 2.01. The lowest BCUT2D eigenvalue weighted by atomic mass is 10.2. The Bertz CT molecular complexity index is 505. The molecule has 7 nitrogen and oxygen atoms in total. The molecule has 1 unspecified atom stereocenters. The standard InChI is InChI=1S/C9H8F2N2O5S/c10-6(11)3-4(9(15)16)12-8(14)5-1-2-7(19-5)13(17)18/h1-2,4,6H,3H2,(H,12,14)(H,15,16). The van der Waals surface area contributed by atoms with Crippen molar-refractivity contribution in [3.05, 3.63) is 27.1 Å². The van der Waals surface area contributed by atoms with Crippen molar-refractivity contribution in [1.82, 2.24) is 5.32 Å². The molecule has 0 aromatic carbocycles. The summed E-state index contributed by atoms with van der Waals surface area (Å²) in [5.41, 5.74) is 0. The van der Waals surface area contributed by atoms with Gasteiger partial charge in [-0.2, -0.15) is 0 Å². The smallest absolute Gasteiger partial charge is 0.326 e. The Hall–Kier alpha value is -2.10. The molecule has 1 rings (SSSR count). The van der Waals surface area contributed by atoms with E-state index in [9.17, 15) is 28.5 Å². The van der Waals surface area contributed by atoms with Crippen LogP contribution in [0, 0.1) is 10.1 Å². The summed E-state index contributed by atoms with van der Waals surface area (Å²) in [5.74, 6) is -2.54. The Morgan fingerprint density at radius 3 is 2.53 bits per heavy atom. The van der Waals surface area contributed by atoms with Gasteiger partial charge in [-0.15, -0.1) is 0 Å². The monoisotopic (exact) mass is 294 g/mol. The number of carbonyl (C=O) groups excluding carboxylic acids is 1. The predicted octanol–water partition coefficient (Wildman–Crippen LogP) is 1.49. The van der Waals surface area contributed by atoms with Gasteiger partial charge in [-0.1, -0.05) is 11.3 Å². The molecule has 1 heterocycles. The van der Waals surface area contributed by atoms with E-state index in [1.165, 1.54) is 0 Å². The number of aliphatic carboxylic acids is 1. The first kappa shape index (κ1) is 15.0. The second-order valence-corrected chi connectivity index (χ2v) is 4.45. The van der Waals surface area contributed by atoms with Crippen molar-refractivity contribution in [2.75, 3.05) is 0 Å². The summed E-state index contributed by atoms with van der Waals surface area (Å²) in [4.78, 5) is 31.8. The van der Waals surface area contributed by atoms with Crippen molar-refractivity contribution >= 4 is 28.2 Å². The number of nitrogens with zero attached hydrogens (tertiary/aromatic N) is 1. The van der Waals surface area contributed by atoms with E-state index in [1.807, 2.05) is 5.32 Å². The average molecular weight is 294 g/mol. The van der Waals surface area contributed by atoms with Crippen molar-refractivity contribution < 1.29 is 28.4 Å². The molecule has 0 saturated carbocycles. The van der Waals surface area contributed by atoms with Crippen molar-refractivity contribution in [1.29, 1.82) is 0 Å². The van der Waals surface area contributed by atoms with Crippen LogP contribution in [0.2, 0.25) is 0 Å². The summed E-state index contributed by atoms with van der Waals surface area (Å²) in [5, 5.41) is 20.6. The fourth-order valence-corrected chi connectivity index (χ4v) is 1.90. The first-order valence-corrected chi connectivity index (χ1v) is 5.69. The van der Waals surface area contributed by atoms with Crippen LogP contribution in [0.3, 0.4) is 0 Å². The number of rotatable bonds is 6. The molecule has 104 valence electrons. The second-order valence-electron chi connectivity index (χ2n) is 3.39. The fraction of sp³-hybridized carbons (Fsp3) is 0.333. The van der Waals surface area contributed by atoms with Crippen LogP contribution in [0.25, 0.3) is 0 Å². The molecule has 0 aliphatic heterocycles. The van der Waals surface area contributed by atoms with Crippen LogP contribution in [0.4, 0.5) is 13.8 Å². The summed E-state index contributed by atoms with van der Waals surface area (Å²) >= 11 is 0.530. The van der Waals surface area contributed by atoms with Gasteiger partial charge in [-0.25, -0.2) is 13.6 Å². The topological polar surface area (TPSA) is 110 Å². The molecule has 0 fully saturated rings. The van der Waals surface area contributed by atoms with Crippen LogP contribution in [0.5, 0.6) is 0 Å². The van der Waals surface area contributed by atoms with Crippen molar-refractivity contribution in [2.24, 2.45) is 0 Å². The van der Waals surface area contributed by atoms with Gasteiger partial charge in [-0.05, 0) is 6.07 Å². The molecule has 1 aromatic rings. The maximum atomic E-state index is 12.1. The average Bonchev–Trinajstić information content (AvgIpc) is 2.76. The Labute approximate surface area is 109 Å². The van der Waals surface area contributed by atoms with Crippen LogP contribution in [-0.2, 0) is 4.79 Å². The fourth-order valence-electron chi connectivity index (χ4n) is 1.18. The van der Waals surface area contributed by atoms with Gasteiger partial charge < -0.3 is 10.4 Å². The van der Waals surface area contributed by atoms with Crippen LogP contribution < -0.4 is 5.32 Å². The SMILES string of the molecule is O=C(NC(CC(F)F)C(=O)O)c1ccc([N+](=O)[O-])s1. The lowest BCUT2D eigenvalue weighted by Gasteiger charge is -2.12. The molecular formula is C9H8F2N2O5S. The molecule has 10 heteroatoms. The molecule has 0 aliphatic rings. The minimum atomic E-state index is -2.89. The van der Waals surface area contributed by atoms with Gasteiger partial charge in [-0.3, -0.25) is 14.9 Å². The zero-order chi connectivity index (χ0) is 14.6. The van der Waals surface area contributed by atoms with Gasteiger partial charge in [0.15, 0.2) is 0 Å². The molecule has 0 aliphatic carbocycles. The Balaban J connectivity index is 2.75. The normalized spacial score (nSPS) is 12.2. The minimum absolute atomic E-state index is 0.118. The van der Waals surface area contributed by atoms with Crippen LogP contribution in [-0.4, -0.2) is 34.4 Å². The van der Waals surface area contributed by atoms with E-state index < -0.39 is 35.7 Å². The summed E-state index contributed by atoms with van der Waals surface area (Å²) in [6.45, 7) is 0. The van der Waals surface area contributed by atoms with E-state index in [2.05, 4.69) is 0 Å². The lowest BCUT2D eigenvalue weighted by molar-refractivity contribution is -0.380. The number of carboxylic acid groups (broad SMARTS) is 1. The highest BCUT2D eigenvalue weighted by molar-refractivity contribution is 7.17. The highest BCUT2D eigenvalue weighted by Gasteiger charge is 2.25. The lowest BCUT2D eigenvalue weighted by Crippen LogP contribution is -2.41. The van der Waals surface area contributed by atoms with Gasteiger partial charge in [0.05, 0.1) is 9.80 Å². The number of thiophene rings is 1. The molecule has 19 heavy (non-hydrogen) atoms. The first-order chi connectivity index (χ1) is 8.81. The Morgan fingerprint density at radius 1 is 1.47 bits per heavy atom. The van der Waals surface area contributed by atoms with Crippen LogP contribution in [0.15, 0.2) is 12.1 Å². The van der Waals surface area contributed by atoms with E-state index in [0.29, 0.717) is 11.3 Å². The molecule has 0 bridgehead atoms. The number of amides is 1. The van der Waals surface area contributed by atoms with Crippen molar-refractivity contribution in [2.45, 2.75) is 18.9 Å². The van der Waals surface area contributed by atoms with Gasteiger partial charge in [0.1, 0.15) is 6.04 Å². The molecule has 0 spiro atoms. The van der Waals surface area contributed by atoms with Gasteiger partial charge in [0.2, 0.25) is 6.43 Å². The number of nitrogens with one attached hydrogen (secondary N) is 1. The van der Waals surface area contributed by atoms with Crippen molar-refractivity contribution in [3.63, 3.8) is 0 Å². The Kier molecular flexibility index (Phi) is 4.87. The van der Waals surface area contributed by atoms with Gasteiger partial charge >= 0.3 is 11.0 Å². The Morgan fingerprint density at radius 2 is 2.11 bits per heavy atom. The molecule has 2 N–H and O–H groups in total. The maximum absolute atomic E-state index is 12.1. The number of hydrogen-bond acceptors (Lipinski definition) is 5. The third kappa shape index (κ3) is 4.25. The number of halogens is 2. The predicted molar refractivity (Wildman–Crippen MR) is 60.5 cm³/mol. The number of nitro groups is 1. The largest absolute Gasteiger partial charge is 0.480 e. The summed E-state index contributed by atoms with van der Waals surface area (Å²) in [7, 11) is 0. The molecule has 0 radical (unpaired) electrons. The van der Waals surface area contributed by atoms with E-state index in [4.69, 9.17) is 5.11 Å². The summed E-state index contributed by atoms with van der Waals surface area (Å²) in [6, 6.07) is 0.454. The van der Waals surface area contributed by atoms with Gasteiger partial charge in [0, 0.05) is 12.5 Å². The first-order valence-electron chi connectivity index (χ1n) is 4.87. The summed E-state index contributed by atoms with van der Waals surface area (Å²) in [6.07, 6.45) is -3.92. The number of carboxylic acids is 1.